The molecule has 4 nitrogen and oxygen atoms in total. The van der Waals surface area contributed by atoms with Gasteiger partial charge in [0.2, 0.25) is 0 Å². The summed E-state index contributed by atoms with van der Waals surface area (Å²) in [4.78, 5) is 6.44. The number of aromatic nitrogens is 3. The number of hydrogen-bond donors (Lipinski definition) is 0. The van der Waals surface area contributed by atoms with E-state index in [2.05, 4.69) is 19.5 Å². The molecular weight excluding hydrogens is 208 g/mol. The number of nitrogens with zero attached hydrogens (tertiary/aromatic N) is 4. The van der Waals surface area contributed by atoms with Crippen molar-refractivity contribution in [3.05, 3.63) is 41.2 Å². The van der Waals surface area contributed by atoms with E-state index in [0.29, 0.717) is 0 Å². The van der Waals surface area contributed by atoms with E-state index in [-0.39, 0.29) is 0 Å². The molecule has 0 saturated heterocycles. The highest BCUT2D eigenvalue weighted by Crippen LogP contribution is 2.04. The van der Waals surface area contributed by atoms with Crippen LogP contribution in [0, 0.1) is 0 Å². The van der Waals surface area contributed by atoms with E-state index in [1.165, 1.54) is 11.5 Å². The van der Waals surface area contributed by atoms with Crippen molar-refractivity contribution in [2.24, 2.45) is 0 Å². The second kappa shape index (κ2) is 4.95. The summed E-state index contributed by atoms with van der Waals surface area (Å²) in [6.45, 7) is 1.64. The van der Waals surface area contributed by atoms with Gasteiger partial charge in [-0.1, -0.05) is 10.6 Å². The second-order valence-corrected chi connectivity index (χ2v) is 4.00. The van der Waals surface area contributed by atoms with Crippen LogP contribution in [-0.4, -0.2) is 26.5 Å². The van der Waals surface area contributed by atoms with Gasteiger partial charge in [-0.15, -0.1) is 5.10 Å². The smallest absolute Gasteiger partial charge is 0.0895 e. The van der Waals surface area contributed by atoms with Crippen LogP contribution in [0.2, 0.25) is 0 Å². The first-order chi connectivity index (χ1) is 7.34. The lowest BCUT2D eigenvalue weighted by Crippen LogP contribution is -2.18. The lowest BCUT2D eigenvalue weighted by Gasteiger charge is -2.13. The third-order valence-electron chi connectivity index (χ3n) is 2.00. The molecule has 2 rings (SSSR count). The average molecular weight is 220 g/mol. The van der Waals surface area contributed by atoms with E-state index >= 15 is 0 Å². The summed E-state index contributed by atoms with van der Waals surface area (Å²) in [6, 6.07) is 5.95. The van der Waals surface area contributed by atoms with Crippen LogP contribution in [0.15, 0.2) is 29.8 Å². The Hall–Kier alpha value is -1.33. The fourth-order valence-corrected chi connectivity index (χ4v) is 1.80. The zero-order chi connectivity index (χ0) is 10.5. The van der Waals surface area contributed by atoms with Crippen molar-refractivity contribution in [2.45, 2.75) is 13.1 Å². The Morgan fingerprint density at radius 3 is 2.80 bits per heavy atom. The van der Waals surface area contributed by atoms with E-state index in [4.69, 9.17) is 0 Å². The third kappa shape index (κ3) is 3.07. The molecule has 2 aromatic heterocycles. The lowest BCUT2D eigenvalue weighted by atomic mass is 10.3. The monoisotopic (exact) mass is 220 g/mol. The van der Waals surface area contributed by atoms with E-state index in [9.17, 15) is 0 Å². The van der Waals surface area contributed by atoms with Crippen LogP contribution in [0.1, 0.15) is 11.4 Å². The summed E-state index contributed by atoms with van der Waals surface area (Å²) < 4.78 is 3.83. The van der Waals surface area contributed by atoms with Crippen molar-refractivity contribution in [1.29, 1.82) is 0 Å². The van der Waals surface area contributed by atoms with Gasteiger partial charge in [0.25, 0.3) is 0 Å². The maximum Gasteiger partial charge on any atom is 0.0895 e. The Morgan fingerprint density at radius 1 is 1.27 bits per heavy atom. The van der Waals surface area contributed by atoms with Crippen LogP contribution < -0.4 is 0 Å². The minimum absolute atomic E-state index is 0.813. The molecule has 0 spiro atoms. The number of rotatable bonds is 4. The van der Waals surface area contributed by atoms with Crippen LogP contribution in [0.3, 0.4) is 0 Å². The summed E-state index contributed by atoms with van der Waals surface area (Å²) in [6.07, 6.45) is 1.81. The first-order valence-corrected chi connectivity index (χ1v) is 5.52. The van der Waals surface area contributed by atoms with Crippen molar-refractivity contribution in [2.75, 3.05) is 7.05 Å². The Bertz CT molecular complexity index is 387. The Morgan fingerprint density at radius 2 is 2.13 bits per heavy atom. The number of pyridine rings is 1. The van der Waals surface area contributed by atoms with Gasteiger partial charge in [-0.2, -0.15) is 0 Å². The molecule has 15 heavy (non-hydrogen) atoms. The van der Waals surface area contributed by atoms with Crippen LogP contribution in [0.25, 0.3) is 0 Å². The summed E-state index contributed by atoms with van der Waals surface area (Å²) in [5.74, 6) is 0. The van der Waals surface area contributed by atoms with Crippen LogP contribution in [0.5, 0.6) is 0 Å². The lowest BCUT2D eigenvalue weighted by molar-refractivity contribution is 0.311. The molecular formula is C10H12N4S. The molecule has 0 aliphatic rings. The van der Waals surface area contributed by atoms with Crippen molar-refractivity contribution in [3.8, 4) is 0 Å². The minimum atomic E-state index is 0.813. The Kier molecular flexibility index (Phi) is 3.37. The molecule has 0 bridgehead atoms. The summed E-state index contributed by atoms with van der Waals surface area (Å²) in [5, 5.41) is 5.97. The molecule has 2 heterocycles. The molecule has 0 fully saturated rings. The molecule has 0 saturated carbocycles. The van der Waals surface area contributed by atoms with Crippen LogP contribution >= 0.6 is 11.5 Å². The maximum absolute atomic E-state index is 4.27. The zero-order valence-corrected chi connectivity index (χ0v) is 9.31. The second-order valence-electron chi connectivity index (χ2n) is 3.39. The maximum atomic E-state index is 4.27. The molecule has 78 valence electrons. The highest BCUT2D eigenvalue weighted by atomic mass is 32.1. The van der Waals surface area contributed by atoms with Crippen molar-refractivity contribution in [3.63, 3.8) is 0 Å². The van der Waals surface area contributed by atoms with Gasteiger partial charge in [0.05, 0.1) is 11.4 Å². The SMILES string of the molecule is CN(Cc1ccccn1)Cc1csnn1. The normalized spacial score (nSPS) is 10.8. The van der Waals surface area contributed by atoms with Gasteiger partial charge in [-0.3, -0.25) is 9.88 Å². The van der Waals surface area contributed by atoms with Gasteiger partial charge < -0.3 is 0 Å². The molecule has 0 atom stereocenters. The summed E-state index contributed by atoms with van der Waals surface area (Å²) in [7, 11) is 2.05. The molecule has 0 aliphatic carbocycles. The van der Waals surface area contributed by atoms with Crippen molar-refractivity contribution >= 4 is 11.5 Å². The van der Waals surface area contributed by atoms with E-state index in [0.717, 1.165) is 24.5 Å². The van der Waals surface area contributed by atoms with Crippen molar-refractivity contribution < 1.29 is 0 Å². The zero-order valence-electron chi connectivity index (χ0n) is 8.50. The number of hydrogen-bond acceptors (Lipinski definition) is 5. The van der Waals surface area contributed by atoms with Gasteiger partial charge in [0, 0.05) is 24.7 Å². The molecule has 0 unspecified atom stereocenters. The molecule has 0 aromatic carbocycles. The van der Waals surface area contributed by atoms with E-state index in [1.54, 1.807) is 0 Å². The highest BCUT2D eigenvalue weighted by molar-refractivity contribution is 7.03. The molecule has 0 radical (unpaired) electrons. The van der Waals surface area contributed by atoms with Crippen LogP contribution in [-0.2, 0) is 13.1 Å². The third-order valence-corrected chi connectivity index (χ3v) is 2.55. The first kappa shape index (κ1) is 10.2. The van der Waals surface area contributed by atoms with Gasteiger partial charge in [0.15, 0.2) is 0 Å². The molecule has 0 amide bonds. The standard InChI is InChI=1S/C10H12N4S/c1-14(7-10-8-15-13-12-10)6-9-4-2-3-5-11-9/h2-5,8H,6-7H2,1H3. The molecule has 0 N–H and O–H groups in total. The quantitative estimate of drug-likeness (QED) is 0.784. The average Bonchev–Trinajstić information content (AvgIpc) is 2.71. The summed E-state index contributed by atoms with van der Waals surface area (Å²) in [5.41, 5.74) is 2.08. The summed E-state index contributed by atoms with van der Waals surface area (Å²) >= 11 is 1.38. The topological polar surface area (TPSA) is 41.9 Å². The van der Waals surface area contributed by atoms with E-state index in [1.807, 2.05) is 36.8 Å². The minimum Gasteiger partial charge on any atom is -0.295 e. The molecule has 0 aliphatic heterocycles. The van der Waals surface area contributed by atoms with Gasteiger partial charge in [0.1, 0.15) is 0 Å². The Balaban J connectivity index is 1.90. The first-order valence-electron chi connectivity index (χ1n) is 4.69. The fraction of sp³-hybridized carbons (Fsp3) is 0.300. The van der Waals surface area contributed by atoms with Gasteiger partial charge in [-0.25, -0.2) is 0 Å². The Labute approximate surface area is 92.8 Å². The van der Waals surface area contributed by atoms with Crippen molar-refractivity contribution in [1.82, 2.24) is 19.5 Å². The predicted molar refractivity (Wildman–Crippen MR) is 59.3 cm³/mol. The van der Waals surface area contributed by atoms with Gasteiger partial charge >= 0.3 is 0 Å². The molecule has 2 aromatic rings. The fourth-order valence-electron chi connectivity index (χ4n) is 1.35. The largest absolute Gasteiger partial charge is 0.295 e. The molecule has 5 heteroatoms. The highest BCUT2D eigenvalue weighted by Gasteiger charge is 2.03. The van der Waals surface area contributed by atoms with Crippen LogP contribution in [0.4, 0.5) is 0 Å². The predicted octanol–water partition coefficient (Wildman–Crippen LogP) is 1.57. The van der Waals surface area contributed by atoms with E-state index < -0.39 is 0 Å². The van der Waals surface area contributed by atoms with Gasteiger partial charge in [-0.05, 0) is 30.7 Å².